The first-order chi connectivity index (χ1) is 14.5. The summed E-state index contributed by atoms with van der Waals surface area (Å²) in [7, 11) is 3.15. The van der Waals surface area contributed by atoms with Crippen molar-refractivity contribution in [3.8, 4) is 28.5 Å². The third-order valence-electron chi connectivity index (χ3n) is 5.27. The fourth-order valence-electron chi connectivity index (χ4n) is 3.94. The zero-order chi connectivity index (χ0) is 21.4. The summed E-state index contributed by atoms with van der Waals surface area (Å²) < 4.78 is 10.8. The Hall–Kier alpha value is -3.19. The fraction of sp³-hybridized carbons (Fsp3) is 0.273. The number of rotatable bonds is 6. The van der Waals surface area contributed by atoms with Crippen molar-refractivity contribution in [3.05, 3.63) is 58.2 Å². The minimum Gasteiger partial charge on any atom is -0.507 e. The first-order valence-corrected chi connectivity index (χ1v) is 9.98. The molecule has 1 aliphatic rings. The first kappa shape index (κ1) is 20.1. The van der Waals surface area contributed by atoms with Crippen LogP contribution in [0.5, 0.6) is 17.2 Å². The molecule has 8 heteroatoms. The van der Waals surface area contributed by atoms with Gasteiger partial charge in [0.1, 0.15) is 17.1 Å². The number of hydrogen-bond donors (Lipinski definition) is 2. The van der Waals surface area contributed by atoms with Crippen LogP contribution in [0.2, 0.25) is 5.02 Å². The molecule has 2 heterocycles. The zero-order valence-corrected chi connectivity index (χ0v) is 17.7. The maximum absolute atomic E-state index is 13.2. The number of hydrogen-bond acceptors (Lipinski definition) is 5. The first-order valence-electron chi connectivity index (χ1n) is 9.60. The lowest BCUT2D eigenvalue weighted by atomic mass is 9.95. The highest BCUT2D eigenvalue weighted by atomic mass is 35.5. The molecule has 1 aromatic heterocycles. The maximum atomic E-state index is 13.2. The predicted molar refractivity (Wildman–Crippen MR) is 113 cm³/mol. The molecule has 30 heavy (non-hydrogen) atoms. The van der Waals surface area contributed by atoms with Crippen LogP contribution >= 0.6 is 11.6 Å². The van der Waals surface area contributed by atoms with Crippen molar-refractivity contribution in [3.63, 3.8) is 0 Å². The van der Waals surface area contributed by atoms with Crippen molar-refractivity contribution in [1.29, 1.82) is 0 Å². The number of H-pyrrole nitrogens is 1. The summed E-state index contributed by atoms with van der Waals surface area (Å²) in [5.41, 5.74) is 2.95. The minimum atomic E-state index is -0.389. The third kappa shape index (κ3) is 3.15. The number of nitrogens with one attached hydrogen (secondary N) is 1. The molecule has 7 nitrogen and oxygen atoms in total. The number of aromatic hydroxyl groups is 1. The van der Waals surface area contributed by atoms with Crippen LogP contribution in [0, 0.1) is 0 Å². The van der Waals surface area contributed by atoms with E-state index in [4.69, 9.17) is 21.1 Å². The second-order valence-corrected chi connectivity index (χ2v) is 7.47. The largest absolute Gasteiger partial charge is 0.507 e. The van der Waals surface area contributed by atoms with E-state index in [0.717, 1.165) is 12.0 Å². The number of phenols is 1. The van der Waals surface area contributed by atoms with Crippen molar-refractivity contribution in [2.75, 3.05) is 20.8 Å². The smallest absolute Gasteiger partial charge is 0.273 e. The van der Waals surface area contributed by atoms with Crippen LogP contribution in [-0.4, -0.2) is 46.9 Å². The van der Waals surface area contributed by atoms with E-state index in [1.54, 1.807) is 31.3 Å². The van der Waals surface area contributed by atoms with Gasteiger partial charge in [-0.15, -0.1) is 0 Å². The van der Waals surface area contributed by atoms with Crippen molar-refractivity contribution < 1.29 is 19.4 Å². The number of phenolic OH excluding ortho intramolecular Hbond substituents is 1. The average molecular weight is 428 g/mol. The lowest BCUT2D eigenvalue weighted by Gasteiger charge is -2.26. The number of aromatic amines is 1. The van der Waals surface area contributed by atoms with Crippen LogP contribution in [0.3, 0.4) is 0 Å². The topological polar surface area (TPSA) is 87.7 Å². The van der Waals surface area contributed by atoms with Gasteiger partial charge in [0, 0.05) is 22.7 Å². The van der Waals surface area contributed by atoms with Crippen molar-refractivity contribution in [2.24, 2.45) is 0 Å². The molecule has 0 fully saturated rings. The number of nitrogens with zero attached hydrogens (tertiary/aromatic N) is 2. The van der Waals surface area contributed by atoms with Gasteiger partial charge in [0.15, 0.2) is 11.5 Å². The van der Waals surface area contributed by atoms with Gasteiger partial charge in [0.2, 0.25) is 0 Å². The number of benzene rings is 2. The molecule has 0 aliphatic carbocycles. The van der Waals surface area contributed by atoms with Crippen LogP contribution in [0.25, 0.3) is 11.3 Å². The average Bonchev–Trinajstić information content (AvgIpc) is 3.29. The Labute approximate surface area is 179 Å². The molecule has 0 saturated heterocycles. The normalized spacial score (nSPS) is 15.4. The molecule has 0 spiro atoms. The van der Waals surface area contributed by atoms with Gasteiger partial charge in [-0.3, -0.25) is 9.89 Å². The third-order valence-corrected chi connectivity index (χ3v) is 5.50. The highest BCUT2D eigenvalue weighted by molar-refractivity contribution is 6.31. The number of carbonyl (C=O) groups is 1. The highest BCUT2D eigenvalue weighted by Gasteiger charge is 2.42. The molecule has 1 unspecified atom stereocenters. The lowest BCUT2D eigenvalue weighted by Crippen LogP contribution is -2.30. The van der Waals surface area contributed by atoms with Crippen LogP contribution in [-0.2, 0) is 0 Å². The quantitative estimate of drug-likeness (QED) is 0.608. The molecule has 1 atom stereocenters. The number of aromatic nitrogens is 2. The second kappa shape index (κ2) is 7.91. The van der Waals surface area contributed by atoms with Crippen LogP contribution in [0.15, 0.2) is 36.4 Å². The molecule has 0 bridgehead atoms. The zero-order valence-electron chi connectivity index (χ0n) is 16.9. The standard InChI is InChI=1S/C22H22ClN3O4/c1-4-9-26-21(12-5-8-16(29-2)17(10-12)30-3)18-19(24-25-20(18)22(26)28)14-11-13(23)6-7-15(14)27/h5-8,10-11,21,27H,4,9H2,1-3H3,(H,24,25). The molecule has 4 rings (SSSR count). The molecule has 0 radical (unpaired) electrons. The molecule has 156 valence electrons. The summed E-state index contributed by atoms with van der Waals surface area (Å²) in [5.74, 6) is 1.09. The SMILES string of the molecule is CCCN1C(=O)c2[nH]nc(-c3cc(Cl)ccc3O)c2C1c1ccc(OC)c(OC)c1. The van der Waals surface area contributed by atoms with Crippen LogP contribution in [0.1, 0.15) is 41.0 Å². The Morgan fingerprint density at radius 3 is 2.63 bits per heavy atom. The highest BCUT2D eigenvalue weighted by Crippen LogP contribution is 2.46. The van der Waals surface area contributed by atoms with E-state index >= 15 is 0 Å². The van der Waals surface area contributed by atoms with Gasteiger partial charge in [0.25, 0.3) is 5.91 Å². The Kier molecular flexibility index (Phi) is 5.30. The number of fused-ring (bicyclic) bond motifs is 1. The Bertz CT molecular complexity index is 1110. The molecule has 2 aromatic carbocycles. The lowest BCUT2D eigenvalue weighted by molar-refractivity contribution is 0.0743. The molecular formula is C22H22ClN3O4. The second-order valence-electron chi connectivity index (χ2n) is 7.04. The monoisotopic (exact) mass is 427 g/mol. The summed E-state index contributed by atoms with van der Waals surface area (Å²) >= 11 is 6.16. The van der Waals surface area contributed by atoms with Gasteiger partial charge in [-0.1, -0.05) is 24.6 Å². The predicted octanol–water partition coefficient (Wildman–Crippen LogP) is 4.41. The van der Waals surface area contributed by atoms with Gasteiger partial charge >= 0.3 is 0 Å². The Morgan fingerprint density at radius 1 is 1.17 bits per heavy atom. The van der Waals surface area contributed by atoms with Gasteiger partial charge in [-0.05, 0) is 42.3 Å². The van der Waals surface area contributed by atoms with Crippen LogP contribution < -0.4 is 9.47 Å². The van der Waals surface area contributed by atoms with E-state index in [1.165, 1.54) is 6.07 Å². The van der Waals surface area contributed by atoms with E-state index in [0.29, 0.717) is 45.6 Å². The van der Waals surface area contributed by atoms with Crippen molar-refractivity contribution in [2.45, 2.75) is 19.4 Å². The molecule has 3 aromatic rings. The van der Waals surface area contributed by atoms with Gasteiger partial charge in [-0.2, -0.15) is 5.10 Å². The minimum absolute atomic E-state index is 0.0427. The van der Waals surface area contributed by atoms with Crippen molar-refractivity contribution in [1.82, 2.24) is 15.1 Å². The number of methoxy groups -OCH3 is 2. The van der Waals surface area contributed by atoms with E-state index in [9.17, 15) is 9.90 Å². The molecule has 2 N–H and O–H groups in total. The van der Waals surface area contributed by atoms with Crippen molar-refractivity contribution >= 4 is 17.5 Å². The van der Waals surface area contributed by atoms with Gasteiger partial charge in [-0.25, -0.2) is 0 Å². The fourth-order valence-corrected chi connectivity index (χ4v) is 4.11. The number of carbonyl (C=O) groups excluding carboxylic acids is 1. The number of ether oxygens (including phenoxy) is 2. The Balaban J connectivity index is 1.92. The molecule has 1 aliphatic heterocycles. The van der Waals surface area contributed by atoms with Gasteiger partial charge < -0.3 is 19.5 Å². The number of halogens is 1. The van der Waals surface area contributed by atoms with E-state index < -0.39 is 0 Å². The Morgan fingerprint density at radius 2 is 1.93 bits per heavy atom. The van der Waals surface area contributed by atoms with E-state index in [1.807, 2.05) is 25.1 Å². The molecule has 0 saturated carbocycles. The molecular weight excluding hydrogens is 406 g/mol. The summed E-state index contributed by atoms with van der Waals surface area (Å²) in [6.45, 7) is 2.59. The summed E-state index contributed by atoms with van der Waals surface area (Å²) in [4.78, 5) is 15.0. The van der Waals surface area contributed by atoms with Crippen LogP contribution in [0.4, 0.5) is 0 Å². The molecule has 1 amide bonds. The van der Waals surface area contributed by atoms with Gasteiger partial charge in [0.05, 0.1) is 20.3 Å². The summed E-state index contributed by atoms with van der Waals surface area (Å²) in [6, 6.07) is 9.97. The maximum Gasteiger partial charge on any atom is 0.273 e. The summed E-state index contributed by atoms with van der Waals surface area (Å²) in [5, 5.41) is 18.1. The number of amides is 1. The summed E-state index contributed by atoms with van der Waals surface area (Å²) in [6.07, 6.45) is 0.797. The van der Waals surface area contributed by atoms with E-state index in [-0.39, 0.29) is 17.7 Å². The van der Waals surface area contributed by atoms with E-state index in [2.05, 4.69) is 10.2 Å².